The Bertz CT molecular complexity index is 5050. The average molecular weight is 1830 g/mol. The number of aliphatic hydroxyl groups excluding tert-OH is 1. The van der Waals surface area contributed by atoms with E-state index in [1.807, 2.05) is 119 Å². The number of hydrogen-bond donors (Lipinski definition) is 3. The van der Waals surface area contributed by atoms with Gasteiger partial charge in [-0.3, -0.25) is 57.5 Å². The molecule has 2 saturated heterocycles. The maximum atomic E-state index is 13.9. The van der Waals surface area contributed by atoms with Crippen molar-refractivity contribution < 1.29 is 133 Å². The highest BCUT2D eigenvalue weighted by molar-refractivity contribution is 6.74. The molecule has 2 amide bonds. The zero-order valence-corrected chi connectivity index (χ0v) is 79.0. The molecule has 0 radical (unpaired) electrons. The summed E-state index contributed by atoms with van der Waals surface area (Å²) in [4.78, 5) is 181. The van der Waals surface area contributed by atoms with Crippen LogP contribution in [-0.2, 0) is 167 Å². The van der Waals surface area contributed by atoms with Crippen LogP contribution < -0.4 is 10.6 Å². The quantitative estimate of drug-likeness (QED) is 0.0184. The third-order valence-corrected chi connectivity index (χ3v) is 29.2. The molecule has 10 rings (SSSR count). The van der Waals surface area contributed by atoms with Gasteiger partial charge in [0.1, 0.15) is 13.2 Å². The van der Waals surface area contributed by atoms with Gasteiger partial charge in [-0.25, -0.2) is 9.59 Å². The Kier molecular flexibility index (Phi) is 36.5. The number of aliphatic hydroxyl groups is 1. The second-order valence-corrected chi connectivity index (χ2v) is 40.7. The van der Waals surface area contributed by atoms with E-state index in [0.29, 0.717) is 22.3 Å². The predicted octanol–water partition coefficient (Wildman–Crippen LogP) is 12.0. The standard InChI is InChI=1S/C53H69NO14Si.C47H55NO14/c1-30(2)42(27-46(59)63-29-43-40-19-15-13-17-38(40)39-18-14-16-20-41(39)43)51(60)54-31(3)44(58)26-35-21-22-37(28-64-69(11,12)53(7,8)9)36(25-35)23-24-45-47(65-32(4)55)48(66-33(5)56)49(67-34(6)57)50(68-45)52(61)62-10;1-25(2)37(22-41(54)58-24-38-35-14-10-8-12-33(35)34-13-9-11-15-36(34)38)46(55)48-26(3)39(53)21-30-16-17-32(23-49)31(20-30)18-19-40-42(59-27(4)50)43(60-28(5)51)44(61-29(6)52)45(62-40)47(56)57-7/h13-22,25,30-31,42-43,45,47-50H,23-24,26-29H2,1-12H3,(H,54,60);8-17,20,25-26,37-38,40,42-45,49H,18-19,21-24H2,1-7H3,(H,48,55)/t31-,42-,45-,47-,48+,49-,50-;26-,37-,40-,42-,43+,44-,45-/m00/s1. The molecule has 4 aliphatic rings. The van der Waals surface area contributed by atoms with Crippen molar-refractivity contribution in [3.63, 3.8) is 0 Å². The van der Waals surface area contributed by atoms with Crippen LogP contribution in [0.2, 0.25) is 18.1 Å². The van der Waals surface area contributed by atoms with Crippen molar-refractivity contribution in [2.24, 2.45) is 23.7 Å². The van der Waals surface area contributed by atoms with Crippen LogP contribution in [0, 0.1) is 23.7 Å². The molecule has 30 nitrogen and oxygen atoms in total. The molecule has 0 unspecified atom stereocenters. The smallest absolute Gasteiger partial charge is 0.339 e. The summed E-state index contributed by atoms with van der Waals surface area (Å²) in [7, 11) is -0.0117. The molecule has 0 saturated carbocycles. The Hall–Kier alpha value is -11.6. The number of ether oxygens (including phenoxy) is 12. The van der Waals surface area contributed by atoms with Gasteiger partial charge in [0.05, 0.1) is 76.4 Å². The van der Waals surface area contributed by atoms with E-state index < -0.39 is 165 Å². The summed E-state index contributed by atoms with van der Waals surface area (Å²) in [6, 6.07) is 41.0. The van der Waals surface area contributed by atoms with Gasteiger partial charge in [0.2, 0.25) is 11.8 Å². The van der Waals surface area contributed by atoms with Crippen LogP contribution in [0.15, 0.2) is 133 Å². The number of Topliss-reactive ketones (excluding diaryl/α,β-unsaturated/α-hetero) is 2. The highest BCUT2D eigenvalue weighted by atomic mass is 28.4. The van der Waals surface area contributed by atoms with Crippen LogP contribution in [0.25, 0.3) is 22.3 Å². The number of carbonyl (C=O) groups is 14. The van der Waals surface area contributed by atoms with Crippen molar-refractivity contribution in [3.8, 4) is 22.3 Å². The van der Waals surface area contributed by atoms with Gasteiger partial charge in [-0.2, -0.15) is 0 Å². The fraction of sp³-hybridized carbons (Fsp3) is 0.500. The largest absolute Gasteiger partial charge is 0.467 e. The van der Waals surface area contributed by atoms with Gasteiger partial charge < -0.3 is 77.0 Å². The van der Waals surface area contributed by atoms with E-state index in [4.69, 9.17) is 61.3 Å². The van der Waals surface area contributed by atoms with Crippen molar-refractivity contribution >= 4 is 91.4 Å². The molecule has 0 aromatic heterocycles. The van der Waals surface area contributed by atoms with Gasteiger partial charge in [0, 0.05) is 66.2 Å². The Morgan fingerprint density at radius 1 is 0.420 bits per heavy atom. The molecular weight excluding hydrogens is 1710 g/mol. The van der Waals surface area contributed by atoms with E-state index >= 15 is 0 Å². The summed E-state index contributed by atoms with van der Waals surface area (Å²) in [5, 5.41) is 15.8. The van der Waals surface area contributed by atoms with Gasteiger partial charge >= 0.3 is 59.7 Å². The first-order valence-corrected chi connectivity index (χ1v) is 47.1. The zero-order chi connectivity index (χ0) is 96.2. The normalized spacial score (nSPS) is 20.0. The SMILES string of the molecule is COC(=O)[C@H]1O[C@@H](CCc2cc(CC(=O)[C@H](C)NC(=O)[C@@H](CC(=O)OCC3c4ccccc4-c4ccccc43)C(C)C)ccc2CO)[C@H](OC(C)=O)[C@@H](OC(C)=O)[C@@H]1OC(C)=O.COC(=O)[C@H]1O[C@@H](CCc2cc(CC(=O)[C@H](C)NC(=O)[C@@H](CC(=O)OCC3c4ccccc4-c4ccccc43)C(C)C)ccc2CO[Si](C)(C)C(C)(C)C)[C@H](OC(C)=O)[C@@H](OC(C)=O)[C@@H]1OC(C)=O. The summed E-state index contributed by atoms with van der Waals surface area (Å²) in [6.45, 7) is 28.1. The Morgan fingerprint density at radius 2 is 0.733 bits per heavy atom. The van der Waals surface area contributed by atoms with Gasteiger partial charge in [0.15, 0.2) is 68.7 Å². The van der Waals surface area contributed by atoms with Crippen LogP contribution in [-0.4, -0.2) is 197 Å². The van der Waals surface area contributed by atoms with E-state index in [1.54, 1.807) is 32.0 Å². The number of methoxy groups -OCH3 is 2. The molecular formula is C100H124N2O28Si. The molecule has 0 bridgehead atoms. The number of rotatable bonds is 38. The third kappa shape index (κ3) is 27.1. The highest BCUT2D eigenvalue weighted by Gasteiger charge is 2.56. The molecule has 0 spiro atoms. The van der Waals surface area contributed by atoms with E-state index in [9.17, 15) is 72.2 Å². The summed E-state index contributed by atoms with van der Waals surface area (Å²) >= 11 is 0. The lowest BCUT2D eigenvalue weighted by Gasteiger charge is -2.43. The third-order valence-electron chi connectivity index (χ3n) is 24.7. The number of nitrogens with one attached hydrogen (secondary N) is 2. The molecule has 14 atom stereocenters. The molecule has 31 heteroatoms. The van der Waals surface area contributed by atoms with Crippen molar-refractivity contribution in [3.05, 3.63) is 189 Å². The second-order valence-electron chi connectivity index (χ2n) is 35.8. The van der Waals surface area contributed by atoms with Gasteiger partial charge in [-0.05, 0) is 147 Å². The fourth-order valence-corrected chi connectivity index (χ4v) is 17.7. The van der Waals surface area contributed by atoms with Crippen LogP contribution in [0.4, 0.5) is 0 Å². The summed E-state index contributed by atoms with van der Waals surface area (Å²) in [5.41, 5.74) is 12.7. The number of amides is 2. The van der Waals surface area contributed by atoms with Crippen LogP contribution >= 0.6 is 0 Å². The van der Waals surface area contributed by atoms with Crippen LogP contribution in [0.1, 0.15) is 197 Å². The number of carbonyl (C=O) groups excluding carboxylic acids is 14. The Morgan fingerprint density at radius 3 is 1.05 bits per heavy atom. The van der Waals surface area contributed by atoms with E-state index in [-0.39, 0.29) is 118 Å². The minimum atomic E-state index is -2.25. The van der Waals surface area contributed by atoms with Gasteiger partial charge in [-0.15, -0.1) is 0 Å². The number of benzene rings is 6. The van der Waals surface area contributed by atoms with Gasteiger partial charge in [0.25, 0.3) is 0 Å². The van der Waals surface area contributed by atoms with Crippen molar-refractivity contribution in [1.29, 1.82) is 0 Å². The zero-order valence-electron chi connectivity index (χ0n) is 78.0. The lowest BCUT2D eigenvalue weighted by atomic mass is 9.89. The fourth-order valence-electron chi connectivity index (χ4n) is 16.8. The molecule has 6 aromatic rings. The first-order chi connectivity index (χ1) is 61.9. The predicted molar refractivity (Wildman–Crippen MR) is 480 cm³/mol. The molecule has 3 N–H and O–H groups in total. The van der Waals surface area contributed by atoms with Crippen LogP contribution in [0.5, 0.6) is 0 Å². The molecule has 706 valence electrons. The first-order valence-electron chi connectivity index (χ1n) is 44.2. The van der Waals surface area contributed by atoms with E-state index in [0.717, 1.165) is 104 Å². The number of esters is 10. The number of ketones is 2. The number of fused-ring (bicyclic) bond motifs is 6. The maximum Gasteiger partial charge on any atom is 0.339 e. The Labute approximate surface area is 765 Å². The summed E-state index contributed by atoms with van der Waals surface area (Å²) < 4.78 is 73.4. The minimum Gasteiger partial charge on any atom is -0.467 e. The molecule has 6 aromatic carbocycles. The average Bonchev–Trinajstić information content (AvgIpc) is 1.68. The Balaban J connectivity index is 0.000000297. The topological polar surface area (TPSA) is 403 Å². The monoisotopic (exact) mass is 1830 g/mol. The van der Waals surface area contributed by atoms with E-state index in [2.05, 4.69) is 68.8 Å². The highest BCUT2D eigenvalue weighted by Crippen LogP contribution is 2.47. The molecule has 2 aliphatic heterocycles. The lowest BCUT2D eigenvalue weighted by Crippen LogP contribution is -2.63. The number of hydrogen-bond acceptors (Lipinski definition) is 28. The number of aryl methyl sites for hydroxylation is 2. The maximum absolute atomic E-state index is 13.9. The van der Waals surface area contributed by atoms with Crippen molar-refractivity contribution in [1.82, 2.24) is 10.6 Å². The summed E-state index contributed by atoms with van der Waals surface area (Å²) in [5.74, 6) is -11.2. The van der Waals surface area contributed by atoms with Crippen molar-refractivity contribution in [2.45, 2.75) is 272 Å². The molecule has 2 aliphatic carbocycles. The van der Waals surface area contributed by atoms with Gasteiger partial charge in [-0.1, -0.05) is 182 Å². The molecule has 2 fully saturated rings. The van der Waals surface area contributed by atoms with Crippen LogP contribution in [0.3, 0.4) is 0 Å². The van der Waals surface area contributed by atoms with E-state index in [1.165, 1.54) is 6.92 Å². The lowest BCUT2D eigenvalue weighted by molar-refractivity contribution is -0.249. The molecule has 2 heterocycles. The minimum absolute atomic E-state index is 0.0461. The first kappa shape index (κ1) is 103. The van der Waals surface area contributed by atoms with Crippen molar-refractivity contribution in [2.75, 3.05) is 27.4 Å². The second kappa shape index (κ2) is 46.4. The molecule has 131 heavy (non-hydrogen) atoms. The summed E-state index contributed by atoms with van der Waals surface area (Å²) in [6.07, 6.45) is -13.6.